The van der Waals surface area contributed by atoms with Gasteiger partial charge in [0, 0.05) is 16.9 Å². The highest BCUT2D eigenvalue weighted by Crippen LogP contribution is 2.42. The van der Waals surface area contributed by atoms with Gasteiger partial charge in [0.15, 0.2) is 0 Å². The monoisotopic (exact) mass is 444 g/mol. The second-order valence-corrected chi connectivity index (χ2v) is 10.2. The maximum absolute atomic E-state index is 12.8. The maximum Gasteiger partial charge on any atom is 0.255 e. The highest BCUT2D eigenvalue weighted by atomic mass is 32.2. The molecule has 1 aliphatic rings. The minimum absolute atomic E-state index is 0.0612. The number of benzene rings is 3. The standard InChI is InChI=1S/C27H28N2O2S/c1-18-8-10-19(11-9-18)25(31)28-22-7-5-6-20(16-22)26-29(24(30)17-32-26)23-14-12-21(13-15-23)27(2,3)4/h5-16,26H,17H2,1-4H3,(H,28,31)/t26-/m1/s1. The number of amides is 2. The van der Waals surface area contributed by atoms with Crippen molar-refractivity contribution in [2.45, 2.75) is 38.5 Å². The number of aryl methyl sites for hydroxylation is 1. The second-order valence-electron chi connectivity index (χ2n) is 9.17. The Hall–Kier alpha value is -3.05. The van der Waals surface area contributed by atoms with Crippen LogP contribution < -0.4 is 10.2 Å². The van der Waals surface area contributed by atoms with Crippen LogP contribution in [-0.2, 0) is 10.2 Å². The molecule has 0 spiro atoms. The van der Waals surface area contributed by atoms with E-state index in [1.807, 2.05) is 72.5 Å². The van der Waals surface area contributed by atoms with Crippen molar-refractivity contribution >= 4 is 35.0 Å². The molecule has 0 aliphatic carbocycles. The molecular formula is C27H28N2O2S. The Bertz CT molecular complexity index is 1130. The summed E-state index contributed by atoms with van der Waals surface area (Å²) in [7, 11) is 0. The Morgan fingerprint density at radius 2 is 1.69 bits per heavy atom. The lowest BCUT2D eigenvalue weighted by atomic mass is 9.87. The van der Waals surface area contributed by atoms with Gasteiger partial charge in [0.05, 0.1) is 5.75 Å². The van der Waals surface area contributed by atoms with E-state index in [1.165, 1.54) is 5.56 Å². The van der Waals surface area contributed by atoms with Gasteiger partial charge in [-0.15, -0.1) is 11.8 Å². The molecule has 4 rings (SSSR count). The van der Waals surface area contributed by atoms with Crippen molar-refractivity contribution in [2.24, 2.45) is 0 Å². The molecule has 0 bridgehead atoms. The summed E-state index contributed by atoms with van der Waals surface area (Å²) in [6.07, 6.45) is 0. The summed E-state index contributed by atoms with van der Waals surface area (Å²) in [5.74, 6) is 0.385. The summed E-state index contributed by atoms with van der Waals surface area (Å²) in [6, 6.07) is 23.5. The van der Waals surface area contributed by atoms with Gasteiger partial charge in [-0.1, -0.05) is 62.7 Å². The summed E-state index contributed by atoms with van der Waals surface area (Å²) < 4.78 is 0. The van der Waals surface area contributed by atoms with Crippen LogP contribution in [0.3, 0.4) is 0 Å². The maximum atomic E-state index is 12.8. The van der Waals surface area contributed by atoms with Crippen LogP contribution in [0.25, 0.3) is 0 Å². The fourth-order valence-electron chi connectivity index (χ4n) is 3.75. The third kappa shape index (κ3) is 4.73. The molecule has 0 aromatic heterocycles. The zero-order chi connectivity index (χ0) is 22.9. The molecule has 164 valence electrons. The molecule has 4 nitrogen and oxygen atoms in total. The first kappa shape index (κ1) is 22.2. The van der Waals surface area contributed by atoms with E-state index < -0.39 is 0 Å². The number of hydrogen-bond donors (Lipinski definition) is 1. The average molecular weight is 445 g/mol. The van der Waals surface area contributed by atoms with Gasteiger partial charge in [0.25, 0.3) is 5.91 Å². The number of rotatable bonds is 4. The van der Waals surface area contributed by atoms with Gasteiger partial charge >= 0.3 is 0 Å². The van der Waals surface area contributed by atoms with E-state index >= 15 is 0 Å². The molecular weight excluding hydrogens is 416 g/mol. The zero-order valence-corrected chi connectivity index (χ0v) is 19.7. The van der Waals surface area contributed by atoms with Crippen LogP contribution in [-0.4, -0.2) is 17.6 Å². The zero-order valence-electron chi connectivity index (χ0n) is 18.9. The van der Waals surface area contributed by atoms with Gasteiger partial charge in [-0.3, -0.25) is 14.5 Å². The molecule has 1 heterocycles. The molecule has 3 aromatic carbocycles. The topological polar surface area (TPSA) is 49.4 Å². The largest absolute Gasteiger partial charge is 0.322 e. The van der Waals surface area contributed by atoms with Crippen LogP contribution in [0.1, 0.15) is 53.2 Å². The number of anilines is 2. The van der Waals surface area contributed by atoms with Crippen LogP contribution in [0.5, 0.6) is 0 Å². The smallest absolute Gasteiger partial charge is 0.255 e. The lowest BCUT2D eigenvalue weighted by Gasteiger charge is -2.26. The third-order valence-corrected chi connectivity index (χ3v) is 6.84. The van der Waals surface area contributed by atoms with Crippen LogP contribution in [0.15, 0.2) is 72.8 Å². The molecule has 1 aliphatic heterocycles. The van der Waals surface area contributed by atoms with E-state index in [1.54, 1.807) is 11.8 Å². The SMILES string of the molecule is Cc1ccc(C(=O)Nc2cccc([C@H]3SCC(=O)N3c3ccc(C(C)(C)C)cc3)c2)cc1. The van der Waals surface area contributed by atoms with Crippen molar-refractivity contribution in [1.29, 1.82) is 0 Å². The molecule has 1 saturated heterocycles. The summed E-state index contributed by atoms with van der Waals surface area (Å²) in [5.41, 5.74) is 5.63. The first-order chi connectivity index (χ1) is 15.2. The number of carbonyl (C=O) groups is 2. The molecule has 0 unspecified atom stereocenters. The van der Waals surface area contributed by atoms with Crippen molar-refractivity contribution in [3.05, 3.63) is 95.1 Å². The number of hydrogen-bond acceptors (Lipinski definition) is 3. The van der Waals surface area contributed by atoms with E-state index in [0.29, 0.717) is 11.3 Å². The van der Waals surface area contributed by atoms with Crippen molar-refractivity contribution in [2.75, 3.05) is 16.0 Å². The van der Waals surface area contributed by atoms with E-state index in [2.05, 4.69) is 38.2 Å². The van der Waals surface area contributed by atoms with E-state index in [-0.39, 0.29) is 22.6 Å². The van der Waals surface area contributed by atoms with E-state index in [4.69, 9.17) is 0 Å². The Labute approximate surface area is 194 Å². The number of carbonyl (C=O) groups excluding carboxylic acids is 2. The second kappa shape index (κ2) is 8.83. The summed E-state index contributed by atoms with van der Waals surface area (Å²) >= 11 is 1.61. The summed E-state index contributed by atoms with van der Waals surface area (Å²) in [5, 5.41) is 2.85. The van der Waals surface area contributed by atoms with Crippen molar-refractivity contribution < 1.29 is 9.59 Å². The number of nitrogens with zero attached hydrogens (tertiary/aromatic N) is 1. The van der Waals surface area contributed by atoms with Crippen LogP contribution in [0.4, 0.5) is 11.4 Å². The van der Waals surface area contributed by atoms with E-state index in [9.17, 15) is 9.59 Å². The van der Waals surface area contributed by atoms with Gasteiger partial charge in [-0.05, 0) is 59.9 Å². The molecule has 1 atom stereocenters. The van der Waals surface area contributed by atoms with Crippen LogP contribution in [0, 0.1) is 6.92 Å². The molecule has 1 N–H and O–H groups in total. The van der Waals surface area contributed by atoms with Gasteiger partial charge < -0.3 is 5.32 Å². The first-order valence-electron chi connectivity index (χ1n) is 10.7. The molecule has 1 fully saturated rings. The van der Waals surface area contributed by atoms with Gasteiger partial charge in [0.1, 0.15) is 5.37 Å². The molecule has 32 heavy (non-hydrogen) atoms. The molecule has 3 aromatic rings. The minimum Gasteiger partial charge on any atom is -0.322 e. The fourth-order valence-corrected chi connectivity index (χ4v) is 4.92. The minimum atomic E-state index is -0.146. The first-order valence-corrected chi connectivity index (χ1v) is 11.8. The number of nitrogens with one attached hydrogen (secondary N) is 1. The Morgan fingerprint density at radius 1 is 1.00 bits per heavy atom. The summed E-state index contributed by atoms with van der Waals surface area (Å²) in [6.45, 7) is 8.53. The number of thioether (sulfide) groups is 1. The molecule has 0 radical (unpaired) electrons. The van der Waals surface area contributed by atoms with Gasteiger partial charge in [0.2, 0.25) is 5.91 Å². The Morgan fingerprint density at radius 3 is 2.34 bits per heavy atom. The van der Waals surface area contributed by atoms with Gasteiger partial charge in [-0.2, -0.15) is 0 Å². The molecule has 5 heteroatoms. The summed E-state index contributed by atoms with van der Waals surface area (Å²) in [4.78, 5) is 27.2. The predicted molar refractivity (Wildman–Crippen MR) is 133 cm³/mol. The third-order valence-electron chi connectivity index (χ3n) is 5.62. The predicted octanol–water partition coefficient (Wildman–Crippen LogP) is 6.32. The van der Waals surface area contributed by atoms with Crippen LogP contribution in [0.2, 0.25) is 0 Å². The normalized spacial score (nSPS) is 16.3. The molecule has 0 saturated carbocycles. The highest BCUT2D eigenvalue weighted by Gasteiger charge is 2.34. The Kier molecular flexibility index (Phi) is 6.11. The van der Waals surface area contributed by atoms with Crippen molar-refractivity contribution in [3.63, 3.8) is 0 Å². The van der Waals surface area contributed by atoms with E-state index in [0.717, 1.165) is 22.5 Å². The lowest BCUT2D eigenvalue weighted by molar-refractivity contribution is -0.115. The van der Waals surface area contributed by atoms with Crippen LogP contribution >= 0.6 is 11.8 Å². The lowest BCUT2D eigenvalue weighted by Crippen LogP contribution is -2.28. The average Bonchev–Trinajstić information content (AvgIpc) is 3.15. The fraction of sp³-hybridized carbons (Fsp3) is 0.259. The van der Waals surface area contributed by atoms with Crippen molar-refractivity contribution in [3.8, 4) is 0 Å². The highest BCUT2D eigenvalue weighted by molar-refractivity contribution is 8.00. The quantitative estimate of drug-likeness (QED) is 0.512. The molecule has 2 amide bonds. The van der Waals surface area contributed by atoms with Crippen molar-refractivity contribution in [1.82, 2.24) is 0 Å². The van der Waals surface area contributed by atoms with Gasteiger partial charge in [-0.25, -0.2) is 0 Å². The Balaban J connectivity index is 1.56.